The highest BCUT2D eigenvalue weighted by Crippen LogP contribution is 2.55. The zero-order valence-electron chi connectivity index (χ0n) is 14.9. The van der Waals surface area contributed by atoms with Crippen molar-refractivity contribution < 1.29 is 33.4 Å². The molecule has 0 heterocycles. The Morgan fingerprint density at radius 2 is 1.35 bits per heavy atom. The summed E-state index contributed by atoms with van der Waals surface area (Å²) in [4.78, 5) is 61.5. The SMILES string of the molecule is CC(=O)OC1(C(C)=O)C=C(S)C(S)C(OC(C)=O)(C(C)=O)C1(S)C(C)=O. The Labute approximate surface area is 167 Å². The number of hydrogen-bond donors (Lipinski definition) is 3. The Balaban J connectivity index is 4.15. The fourth-order valence-electron chi connectivity index (χ4n) is 3.23. The van der Waals surface area contributed by atoms with Crippen LogP contribution in [0, 0.1) is 0 Å². The molecule has 1 rings (SSSR count). The summed E-state index contributed by atoms with van der Waals surface area (Å²) >= 11 is 12.9. The molecular formula is C16H20O7S3. The van der Waals surface area contributed by atoms with Gasteiger partial charge in [-0.05, 0) is 31.8 Å². The van der Waals surface area contributed by atoms with Crippen LogP contribution < -0.4 is 0 Å². The van der Waals surface area contributed by atoms with Crippen molar-refractivity contribution >= 4 is 67.2 Å². The largest absolute Gasteiger partial charge is 0.447 e. The van der Waals surface area contributed by atoms with Crippen LogP contribution in [-0.4, -0.2) is 50.5 Å². The topological polar surface area (TPSA) is 104 Å². The van der Waals surface area contributed by atoms with Crippen molar-refractivity contribution in [3.8, 4) is 0 Å². The van der Waals surface area contributed by atoms with Gasteiger partial charge >= 0.3 is 11.9 Å². The number of carbonyl (C=O) groups excluding carboxylic acids is 5. The smallest absolute Gasteiger partial charge is 0.304 e. The highest BCUT2D eigenvalue weighted by molar-refractivity contribution is 7.88. The maximum atomic E-state index is 12.7. The summed E-state index contributed by atoms with van der Waals surface area (Å²) in [5.41, 5.74) is -4.67. The molecule has 0 bridgehead atoms. The molecule has 0 aromatic heterocycles. The second-order valence-corrected chi connectivity index (χ2v) is 7.71. The van der Waals surface area contributed by atoms with Gasteiger partial charge in [-0.25, -0.2) is 0 Å². The lowest BCUT2D eigenvalue weighted by molar-refractivity contribution is -0.188. The van der Waals surface area contributed by atoms with E-state index in [1.807, 2.05) is 0 Å². The fourth-order valence-corrected chi connectivity index (χ4v) is 4.80. The monoisotopic (exact) mass is 420 g/mol. The average molecular weight is 421 g/mol. The van der Waals surface area contributed by atoms with E-state index < -0.39 is 50.5 Å². The van der Waals surface area contributed by atoms with Crippen molar-refractivity contribution in [3.05, 3.63) is 11.0 Å². The molecular weight excluding hydrogens is 400 g/mol. The zero-order valence-corrected chi connectivity index (χ0v) is 17.5. The molecule has 0 amide bonds. The van der Waals surface area contributed by atoms with Crippen molar-refractivity contribution in [1.29, 1.82) is 0 Å². The number of hydrogen-bond acceptors (Lipinski definition) is 10. The Morgan fingerprint density at radius 1 is 0.885 bits per heavy atom. The lowest BCUT2D eigenvalue weighted by atomic mass is 9.63. The van der Waals surface area contributed by atoms with Gasteiger partial charge in [0.25, 0.3) is 0 Å². The van der Waals surface area contributed by atoms with Crippen molar-refractivity contribution in [2.75, 3.05) is 0 Å². The lowest BCUT2D eigenvalue weighted by Crippen LogP contribution is -2.79. The molecule has 0 aromatic rings. The number of rotatable bonds is 5. The minimum absolute atomic E-state index is 0.00663. The maximum absolute atomic E-state index is 12.7. The lowest BCUT2D eigenvalue weighted by Gasteiger charge is -2.55. The molecule has 0 aliphatic heterocycles. The molecule has 0 N–H and O–H groups in total. The second kappa shape index (κ2) is 7.40. The summed E-state index contributed by atoms with van der Waals surface area (Å²) < 4.78 is 8.16. The Kier molecular flexibility index (Phi) is 6.48. The minimum Gasteiger partial charge on any atom is -0.447 e. The van der Waals surface area contributed by atoms with E-state index >= 15 is 0 Å². The van der Waals surface area contributed by atoms with E-state index in [0.717, 1.165) is 40.7 Å². The third-order valence-electron chi connectivity index (χ3n) is 4.26. The molecule has 7 nitrogen and oxygen atoms in total. The zero-order chi connectivity index (χ0) is 20.7. The second-order valence-electron chi connectivity index (χ2n) is 6.01. The minimum atomic E-state index is -2.37. The van der Waals surface area contributed by atoms with E-state index in [1.165, 1.54) is 0 Å². The third-order valence-corrected chi connectivity index (χ3v) is 6.47. The van der Waals surface area contributed by atoms with Crippen molar-refractivity contribution in [3.63, 3.8) is 0 Å². The van der Waals surface area contributed by atoms with Gasteiger partial charge in [0.2, 0.25) is 11.2 Å². The van der Waals surface area contributed by atoms with E-state index in [9.17, 15) is 24.0 Å². The van der Waals surface area contributed by atoms with Gasteiger partial charge in [-0.2, -0.15) is 25.3 Å². The van der Waals surface area contributed by atoms with Crippen LogP contribution >= 0.6 is 37.9 Å². The first-order valence-corrected chi connectivity index (χ1v) is 8.86. The quantitative estimate of drug-likeness (QED) is 0.453. The van der Waals surface area contributed by atoms with E-state index in [1.54, 1.807) is 0 Å². The molecule has 0 saturated heterocycles. The normalized spacial score (nSPS) is 33.7. The first-order chi connectivity index (χ1) is 11.7. The van der Waals surface area contributed by atoms with Crippen LogP contribution in [0.15, 0.2) is 11.0 Å². The molecule has 0 radical (unpaired) electrons. The van der Waals surface area contributed by atoms with Gasteiger partial charge in [-0.3, -0.25) is 24.0 Å². The maximum Gasteiger partial charge on any atom is 0.304 e. The van der Waals surface area contributed by atoms with E-state index in [0.29, 0.717) is 0 Å². The summed E-state index contributed by atoms with van der Waals surface area (Å²) in [7, 11) is 0. The van der Waals surface area contributed by atoms with Crippen LogP contribution in [0.4, 0.5) is 0 Å². The van der Waals surface area contributed by atoms with Crippen molar-refractivity contribution in [2.45, 2.75) is 55.8 Å². The van der Waals surface area contributed by atoms with Crippen LogP contribution in [0.5, 0.6) is 0 Å². The highest BCUT2D eigenvalue weighted by atomic mass is 32.1. The number of ketones is 3. The number of thiol groups is 3. The summed E-state index contributed by atoms with van der Waals surface area (Å²) in [6.07, 6.45) is 1.11. The molecule has 0 saturated carbocycles. The van der Waals surface area contributed by atoms with Crippen molar-refractivity contribution in [1.82, 2.24) is 0 Å². The van der Waals surface area contributed by atoms with Crippen molar-refractivity contribution in [2.24, 2.45) is 0 Å². The fraction of sp³-hybridized carbons (Fsp3) is 0.562. The molecule has 1 aliphatic rings. The van der Waals surface area contributed by atoms with Crippen LogP contribution in [-0.2, 0) is 33.4 Å². The van der Waals surface area contributed by atoms with Gasteiger partial charge < -0.3 is 9.47 Å². The predicted octanol–water partition coefficient (Wildman–Crippen LogP) is 1.15. The molecule has 4 unspecified atom stereocenters. The van der Waals surface area contributed by atoms with Gasteiger partial charge in [-0.15, -0.1) is 12.6 Å². The summed E-state index contributed by atoms with van der Waals surface area (Å²) in [5.74, 6) is -4.26. The standard InChI is InChI=1S/C16H20O7S3/c1-7(17)14(22-10(4)20)6-12(24)13(25)15(8(2)18,23-11(5)21)16(14,26)9(3)19/h6,13,24-26H,1-5H3. The molecule has 0 spiro atoms. The van der Waals surface area contributed by atoms with Crippen LogP contribution in [0.2, 0.25) is 0 Å². The molecule has 26 heavy (non-hydrogen) atoms. The van der Waals surface area contributed by atoms with Gasteiger partial charge in [-0.1, -0.05) is 0 Å². The first-order valence-electron chi connectivity index (χ1n) is 7.45. The Bertz CT molecular complexity index is 731. The summed E-state index contributed by atoms with van der Waals surface area (Å²) in [5, 5.41) is -1.23. The predicted molar refractivity (Wildman–Crippen MR) is 103 cm³/mol. The van der Waals surface area contributed by atoms with E-state index in [2.05, 4.69) is 37.9 Å². The third kappa shape index (κ3) is 3.01. The van der Waals surface area contributed by atoms with Crippen LogP contribution in [0.3, 0.4) is 0 Å². The van der Waals surface area contributed by atoms with Gasteiger partial charge in [0, 0.05) is 13.8 Å². The van der Waals surface area contributed by atoms with Gasteiger partial charge in [0.1, 0.15) is 0 Å². The average Bonchev–Trinajstić information content (AvgIpc) is 2.47. The Hall–Kier alpha value is -1.26. The van der Waals surface area contributed by atoms with Gasteiger partial charge in [0.15, 0.2) is 22.1 Å². The molecule has 10 heteroatoms. The number of Topliss-reactive ketones (excluding diaryl/α,β-unsaturated/α-hetero) is 3. The molecule has 144 valence electrons. The summed E-state index contributed by atoms with van der Waals surface area (Å²) in [6.45, 7) is 5.22. The van der Waals surface area contributed by atoms with Crippen LogP contribution in [0.25, 0.3) is 0 Å². The Morgan fingerprint density at radius 3 is 1.65 bits per heavy atom. The number of carbonyl (C=O) groups is 5. The summed E-state index contributed by atoms with van der Waals surface area (Å²) in [6, 6.07) is 0. The number of ether oxygens (including phenoxy) is 2. The molecule has 4 atom stereocenters. The number of esters is 2. The molecule has 0 fully saturated rings. The molecule has 1 aliphatic carbocycles. The van der Waals surface area contributed by atoms with E-state index in [-0.39, 0.29) is 4.91 Å². The van der Waals surface area contributed by atoms with E-state index in [4.69, 9.17) is 9.47 Å². The van der Waals surface area contributed by atoms with Crippen LogP contribution in [0.1, 0.15) is 34.6 Å². The first kappa shape index (κ1) is 22.8. The highest BCUT2D eigenvalue weighted by Gasteiger charge is 2.76. The van der Waals surface area contributed by atoms with Gasteiger partial charge in [0.05, 0.1) is 5.25 Å². The molecule has 0 aromatic carbocycles.